The van der Waals surface area contributed by atoms with Gasteiger partial charge in [-0.1, -0.05) is 24.3 Å². The van der Waals surface area contributed by atoms with Gasteiger partial charge in [-0.2, -0.15) is 8.42 Å². The summed E-state index contributed by atoms with van der Waals surface area (Å²) in [6, 6.07) is 10.4. The molecule has 1 unspecified atom stereocenters. The molecule has 5 nitrogen and oxygen atoms in total. The third-order valence-corrected chi connectivity index (χ3v) is 5.49. The maximum atomic E-state index is 12.8. The molecule has 0 fully saturated rings. The molecule has 21 heavy (non-hydrogen) atoms. The third kappa shape index (κ3) is 2.30. The van der Waals surface area contributed by atoms with Crippen molar-refractivity contribution in [2.24, 2.45) is 0 Å². The Balaban J connectivity index is 2.05. The minimum Gasteiger partial charge on any atom is -0.392 e. The largest absolute Gasteiger partial charge is 0.392 e. The first-order valence-corrected chi connectivity index (χ1v) is 8.16. The molecule has 3 rings (SSSR count). The topological polar surface area (TPSA) is 70.5 Å². The molecule has 1 aromatic heterocycles. The zero-order valence-electron chi connectivity index (χ0n) is 11.6. The van der Waals surface area contributed by atoms with Crippen LogP contribution in [0.2, 0.25) is 0 Å². The fourth-order valence-electron chi connectivity index (χ4n) is 2.66. The average molecular weight is 304 g/mol. The Morgan fingerprint density at radius 1 is 1.29 bits per heavy atom. The molecule has 6 heteroatoms. The highest BCUT2D eigenvalue weighted by Crippen LogP contribution is 2.35. The van der Waals surface area contributed by atoms with Gasteiger partial charge in [0.25, 0.3) is 10.0 Å². The second-order valence-electron chi connectivity index (χ2n) is 5.15. The number of rotatable bonds is 3. The Morgan fingerprint density at radius 2 is 2.05 bits per heavy atom. The third-order valence-electron chi connectivity index (χ3n) is 3.65. The lowest BCUT2D eigenvalue weighted by Gasteiger charge is -2.23. The number of aliphatic hydroxyl groups excluding tert-OH is 1. The van der Waals surface area contributed by atoms with Crippen LogP contribution in [-0.2, 0) is 23.1 Å². The fourth-order valence-corrected chi connectivity index (χ4v) is 4.27. The van der Waals surface area contributed by atoms with Crippen LogP contribution in [0.15, 0.2) is 47.6 Å². The number of aromatic nitrogens is 1. The summed E-state index contributed by atoms with van der Waals surface area (Å²) in [5.74, 6) is 0. The first-order valence-electron chi connectivity index (χ1n) is 6.72. The molecule has 0 saturated heterocycles. The Kier molecular flexibility index (Phi) is 3.43. The van der Waals surface area contributed by atoms with Gasteiger partial charge in [-0.15, -0.1) is 0 Å². The summed E-state index contributed by atoms with van der Waals surface area (Å²) in [5.41, 5.74) is 2.34. The van der Waals surface area contributed by atoms with Crippen LogP contribution in [0, 0.1) is 0 Å². The van der Waals surface area contributed by atoms with Gasteiger partial charge in [0.2, 0.25) is 0 Å². The standard InChI is InChI=1S/C15H16N2O3S/c1-11-8-13-4-2-3-5-14(13)17(11)21(19,20)15-7-6-12(10-18)9-16-15/h2-7,9,11,18H,8,10H2,1H3. The highest BCUT2D eigenvalue weighted by Gasteiger charge is 2.36. The predicted molar refractivity (Wildman–Crippen MR) is 79.4 cm³/mol. The normalized spacial score (nSPS) is 17.8. The number of aliphatic hydroxyl groups is 1. The number of nitrogens with zero attached hydrogens (tertiary/aromatic N) is 2. The van der Waals surface area contributed by atoms with Crippen molar-refractivity contribution in [3.63, 3.8) is 0 Å². The molecular formula is C15H16N2O3S. The first-order chi connectivity index (χ1) is 10.0. The second-order valence-corrected chi connectivity index (χ2v) is 6.91. The van der Waals surface area contributed by atoms with Crippen LogP contribution in [0.3, 0.4) is 0 Å². The van der Waals surface area contributed by atoms with E-state index in [1.807, 2.05) is 31.2 Å². The highest BCUT2D eigenvalue weighted by molar-refractivity contribution is 7.92. The van der Waals surface area contributed by atoms with E-state index in [-0.39, 0.29) is 17.7 Å². The van der Waals surface area contributed by atoms with E-state index in [0.717, 1.165) is 11.3 Å². The summed E-state index contributed by atoms with van der Waals surface area (Å²) < 4.78 is 27.1. The van der Waals surface area contributed by atoms with Gasteiger partial charge in [-0.05, 0) is 36.6 Å². The molecule has 0 bridgehead atoms. The van der Waals surface area contributed by atoms with Gasteiger partial charge in [0.15, 0.2) is 5.03 Å². The lowest BCUT2D eigenvalue weighted by molar-refractivity contribution is 0.281. The Labute approximate surface area is 123 Å². The van der Waals surface area contributed by atoms with Crippen LogP contribution in [-0.4, -0.2) is 24.6 Å². The SMILES string of the molecule is CC1Cc2ccccc2N1S(=O)(=O)c1ccc(CO)cn1. The second kappa shape index (κ2) is 5.13. The summed E-state index contributed by atoms with van der Waals surface area (Å²) >= 11 is 0. The van der Waals surface area contributed by atoms with Crippen LogP contribution in [0.4, 0.5) is 5.69 Å². The number of anilines is 1. The van der Waals surface area contributed by atoms with E-state index in [9.17, 15) is 8.42 Å². The molecule has 1 atom stereocenters. The van der Waals surface area contributed by atoms with Gasteiger partial charge in [-0.25, -0.2) is 4.98 Å². The molecule has 0 radical (unpaired) electrons. The number of hydrogen-bond donors (Lipinski definition) is 1. The van der Waals surface area contributed by atoms with Crippen molar-refractivity contribution in [2.75, 3.05) is 4.31 Å². The molecular weight excluding hydrogens is 288 g/mol. The molecule has 0 aliphatic carbocycles. The lowest BCUT2D eigenvalue weighted by atomic mass is 10.1. The van der Waals surface area contributed by atoms with Gasteiger partial charge in [0.05, 0.1) is 12.3 Å². The average Bonchev–Trinajstić information content (AvgIpc) is 2.83. The van der Waals surface area contributed by atoms with E-state index in [0.29, 0.717) is 12.0 Å². The first kappa shape index (κ1) is 14.0. The number of hydrogen-bond acceptors (Lipinski definition) is 4. The zero-order valence-corrected chi connectivity index (χ0v) is 12.4. The van der Waals surface area contributed by atoms with E-state index < -0.39 is 10.0 Å². The van der Waals surface area contributed by atoms with E-state index >= 15 is 0 Å². The van der Waals surface area contributed by atoms with Crippen molar-refractivity contribution >= 4 is 15.7 Å². The summed E-state index contributed by atoms with van der Waals surface area (Å²) in [4.78, 5) is 3.98. The Hall–Kier alpha value is -1.92. The van der Waals surface area contributed by atoms with E-state index in [2.05, 4.69) is 4.98 Å². The molecule has 0 amide bonds. The number of sulfonamides is 1. The monoisotopic (exact) mass is 304 g/mol. The van der Waals surface area contributed by atoms with Crippen LogP contribution >= 0.6 is 0 Å². The van der Waals surface area contributed by atoms with E-state index in [1.54, 1.807) is 6.07 Å². The Bertz CT molecular complexity index is 757. The van der Waals surface area contributed by atoms with E-state index in [4.69, 9.17) is 5.11 Å². The van der Waals surface area contributed by atoms with Crippen molar-refractivity contribution in [1.29, 1.82) is 0 Å². The van der Waals surface area contributed by atoms with Gasteiger partial charge >= 0.3 is 0 Å². The van der Waals surface area contributed by atoms with Crippen molar-refractivity contribution < 1.29 is 13.5 Å². The summed E-state index contributed by atoms with van der Waals surface area (Å²) in [5, 5.41) is 9.02. The molecule has 0 saturated carbocycles. The number of para-hydroxylation sites is 1. The van der Waals surface area contributed by atoms with Crippen LogP contribution in [0.25, 0.3) is 0 Å². The van der Waals surface area contributed by atoms with Crippen molar-refractivity contribution in [2.45, 2.75) is 31.0 Å². The van der Waals surface area contributed by atoms with Crippen molar-refractivity contribution in [3.8, 4) is 0 Å². The van der Waals surface area contributed by atoms with Gasteiger partial charge in [0.1, 0.15) is 0 Å². The maximum absolute atomic E-state index is 12.8. The van der Waals surface area contributed by atoms with Gasteiger partial charge < -0.3 is 5.11 Å². The quantitative estimate of drug-likeness (QED) is 0.937. The predicted octanol–water partition coefficient (Wildman–Crippen LogP) is 1.71. The fraction of sp³-hybridized carbons (Fsp3) is 0.267. The smallest absolute Gasteiger partial charge is 0.282 e. The lowest BCUT2D eigenvalue weighted by Crippen LogP contribution is -2.36. The Morgan fingerprint density at radius 3 is 2.71 bits per heavy atom. The number of pyridine rings is 1. The molecule has 1 aromatic carbocycles. The minimum absolute atomic E-state index is 0.00301. The molecule has 1 N–H and O–H groups in total. The molecule has 1 aliphatic heterocycles. The van der Waals surface area contributed by atoms with Crippen LogP contribution in [0.5, 0.6) is 0 Å². The van der Waals surface area contributed by atoms with Crippen LogP contribution in [0.1, 0.15) is 18.1 Å². The maximum Gasteiger partial charge on any atom is 0.282 e. The molecule has 2 heterocycles. The van der Waals surface area contributed by atoms with Crippen LogP contribution < -0.4 is 4.31 Å². The van der Waals surface area contributed by atoms with Crippen molar-refractivity contribution in [1.82, 2.24) is 4.98 Å². The number of fused-ring (bicyclic) bond motifs is 1. The summed E-state index contributed by atoms with van der Waals surface area (Å²) in [7, 11) is -3.69. The van der Waals surface area contributed by atoms with Gasteiger partial charge in [-0.3, -0.25) is 4.31 Å². The highest BCUT2D eigenvalue weighted by atomic mass is 32.2. The summed E-state index contributed by atoms with van der Waals surface area (Å²) in [6.07, 6.45) is 2.09. The zero-order chi connectivity index (χ0) is 15.0. The van der Waals surface area contributed by atoms with E-state index in [1.165, 1.54) is 16.6 Å². The molecule has 2 aromatic rings. The molecule has 110 valence electrons. The minimum atomic E-state index is -3.69. The van der Waals surface area contributed by atoms with Crippen molar-refractivity contribution in [3.05, 3.63) is 53.7 Å². The molecule has 0 spiro atoms. The molecule has 1 aliphatic rings. The van der Waals surface area contributed by atoms with Gasteiger partial charge in [0, 0.05) is 12.2 Å². The number of benzene rings is 1. The summed E-state index contributed by atoms with van der Waals surface area (Å²) in [6.45, 7) is 1.73.